The van der Waals surface area contributed by atoms with Gasteiger partial charge in [0.05, 0.1) is 14.2 Å². The summed E-state index contributed by atoms with van der Waals surface area (Å²) in [5.41, 5.74) is 0.858. The van der Waals surface area contributed by atoms with E-state index >= 15 is 0 Å². The molecule has 0 atom stereocenters. The summed E-state index contributed by atoms with van der Waals surface area (Å²) in [7, 11) is 3.09. The Bertz CT molecular complexity index is 1850. The monoisotopic (exact) mass is 550 g/mol. The second-order valence-electron chi connectivity index (χ2n) is 8.69. The number of nitrogens with zero attached hydrogens (tertiary/aromatic N) is 1. The van der Waals surface area contributed by atoms with Crippen molar-refractivity contribution < 1.29 is 32.6 Å². The Morgan fingerprint density at radius 3 is 2.15 bits per heavy atom. The van der Waals surface area contributed by atoms with Crippen LogP contribution < -0.4 is 20.4 Å². The molecule has 2 heterocycles. The fourth-order valence-corrected chi connectivity index (χ4v) is 4.18. The number of hydrogen-bond donors (Lipinski definition) is 1. The van der Waals surface area contributed by atoms with Crippen molar-refractivity contribution in [2.24, 2.45) is 0 Å². The zero-order valence-corrected chi connectivity index (χ0v) is 21.9. The molecule has 10 nitrogen and oxygen atoms in total. The molecule has 0 radical (unpaired) electrons. The first-order chi connectivity index (χ1) is 19.9. The molecule has 204 valence electrons. The van der Waals surface area contributed by atoms with E-state index in [1.165, 1.54) is 6.07 Å². The Morgan fingerprint density at radius 2 is 1.51 bits per heavy atom. The number of para-hydroxylation sites is 1. The number of ether oxygens (including phenoxy) is 3. The van der Waals surface area contributed by atoms with Crippen molar-refractivity contribution in [3.63, 3.8) is 0 Å². The van der Waals surface area contributed by atoms with Crippen molar-refractivity contribution in [2.75, 3.05) is 26.1 Å². The van der Waals surface area contributed by atoms with E-state index < -0.39 is 24.1 Å². The molecule has 0 spiro atoms. The second-order valence-corrected chi connectivity index (χ2v) is 8.69. The van der Waals surface area contributed by atoms with E-state index in [9.17, 15) is 19.6 Å². The maximum absolute atomic E-state index is 12.8. The normalized spacial score (nSPS) is 10.6. The number of esters is 1. The van der Waals surface area contributed by atoms with Gasteiger partial charge < -0.3 is 23.0 Å². The van der Waals surface area contributed by atoms with E-state index in [1.54, 1.807) is 87.0 Å². The van der Waals surface area contributed by atoms with Gasteiger partial charge in [0.25, 0.3) is 5.91 Å². The molecule has 0 aliphatic heterocycles. The van der Waals surface area contributed by atoms with Crippen molar-refractivity contribution in [3.8, 4) is 40.0 Å². The number of amides is 1. The molecule has 0 fully saturated rings. The van der Waals surface area contributed by atoms with E-state index in [4.69, 9.17) is 23.0 Å². The van der Waals surface area contributed by atoms with E-state index in [-0.39, 0.29) is 17.0 Å². The minimum absolute atomic E-state index is 0.0656. The molecule has 10 heteroatoms. The largest absolute Gasteiger partial charge is 0.497 e. The van der Waals surface area contributed by atoms with Crippen LogP contribution in [0.2, 0.25) is 0 Å². The molecule has 41 heavy (non-hydrogen) atoms. The van der Waals surface area contributed by atoms with Gasteiger partial charge in [-0.25, -0.2) is 9.59 Å². The molecule has 0 bridgehead atoms. The average molecular weight is 551 g/mol. The highest BCUT2D eigenvalue weighted by Gasteiger charge is 2.25. The van der Waals surface area contributed by atoms with Crippen LogP contribution in [0.3, 0.4) is 0 Å². The maximum Gasteiger partial charge on any atom is 0.351 e. The lowest BCUT2D eigenvalue weighted by molar-refractivity contribution is -0.119. The summed E-state index contributed by atoms with van der Waals surface area (Å²) in [6.07, 6.45) is 0. The lowest BCUT2D eigenvalue weighted by Crippen LogP contribution is -2.23. The maximum atomic E-state index is 12.8. The quantitative estimate of drug-likeness (QED) is 0.198. The molecule has 3 aromatic carbocycles. The first-order valence-electron chi connectivity index (χ1n) is 12.3. The van der Waals surface area contributed by atoms with Crippen molar-refractivity contribution in [1.29, 1.82) is 5.26 Å². The summed E-state index contributed by atoms with van der Waals surface area (Å²) in [5, 5.41) is 13.1. The highest BCUT2D eigenvalue weighted by Crippen LogP contribution is 2.42. The Kier molecular flexibility index (Phi) is 7.52. The van der Waals surface area contributed by atoms with Crippen LogP contribution in [0.25, 0.3) is 33.4 Å². The van der Waals surface area contributed by atoms with Gasteiger partial charge >= 0.3 is 11.6 Å². The molecule has 0 aliphatic carbocycles. The van der Waals surface area contributed by atoms with Crippen LogP contribution in [0, 0.1) is 11.3 Å². The molecular formula is C31H22N2O8. The molecule has 2 aromatic heterocycles. The third kappa shape index (κ3) is 5.51. The van der Waals surface area contributed by atoms with E-state index in [2.05, 4.69) is 11.4 Å². The number of rotatable bonds is 8. The van der Waals surface area contributed by atoms with E-state index in [0.29, 0.717) is 44.9 Å². The summed E-state index contributed by atoms with van der Waals surface area (Å²) in [5.74, 6) is -0.361. The topological polar surface area (TPSA) is 141 Å². The van der Waals surface area contributed by atoms with E-state index in [0.717, 1.165) is 0 Å². The molecule has 5 aromatic rings. The van der Waals surface area contributed by atoms with Crippen molar-refractivity contribution in [3.05, 3.63) is 100 Å². The first kappa shape index (κ1) is 26.8. The van der Waals surface area contributed by atoms with Crippen molar-refractivity contribution in [1.82, 2.24) is 0 Å². The molecule has 5 rings (SSSR count). The lowest BCUT2D eigenvalue weighted by Gasteiger charge is -2.06. The standard InChI is InChI=1S/C31H22N2O8/c1-37-21-11-7-18(8-12-21)27-24(16-32)29(41-28(27)19-9-13-22(38-2)14-10-19)33-26(34)17-39-30(35)23-15-20-5-3-4-6-25(20)40-31(23)36/h3-15H,17H2,1-2H3,(H,33,34). The minimum atomic E-state index is -1.03. The number of furan rings is 1. The average Bonchev–Trinajstić information content (AvgIpc) is 3.37. The molecular weight excluding hydrogens is 528 g/mol. The van der Waals surface area contributed by atoms with Gasteiger partial charge in [0, 0.05) is 16.5 Å². The highest BCUT2D eigenvalue weighted by molar-refractivity contribution is 5.98. The number of fused-ring (bicyclic) bond motifs is 1. The van der Waals surface area contributed by atoms with Crippen LogP contribution in [-0.4, -0.2) is 32.7 Å². The summed E-state index contributed by atoms with van der Waals surface area (Å²) < 4.78 is 26.7. The third-order valence-electron chi connectivity index (χ3n) is 6.20. The van der Waals surface area contributed by atoms with Crippen LogP contribution in [0.4, 0.5) is 5.88 Å². The van der Waals surface area contributed by atoms with Crippen LogP contribution in [0.1, 0.15) is 15.9 Å². The minimum Gasteiger partial charge on any atom is -0.497 e. The number of anilines is 1. The second kappa shape index (κ2) is 11.5. The van der Waals surface area contributed by atoms with Gasteiger partial charge in [-0.1, -0.05) is 30.3 Å². The number of carbonyl (C=O) groups excluding carboxylic acids is 2. The number of nitrogens with one attached hydrogen (secondary N) is 1. The summed E-state index contributed by atoms with van der Waals surface area (Å²) in [6.45, 7) is -0.744. The smallest absolute Gasteiger partial charge is 0.351 e. The van der Waals surface area contributed by atoms with Gasteiger partial charge in [0.15, 0.2) is 6.61 Å². The zero-order valence-electron chi connectivity index (χ0n) is 21.9. The Balaban J connectivity index is 1.42. The SMILES string of the molecule is COc1ccc(-c2oc(NC(=O)COC(=O)c3cc4ccccc4oc3=O)c(C#N)c2-c2ccc(OC)cc2)cc1. The van der Waals surface area contributed by atoms with Gasteiger partial charge in [0.1, 0.15) is 40.0 Å². The summed E-state index contributed by atoms with van der Waals surface area (Å²) in [4.78, 5) is 37.6. The fourth-order valence-electron chi connectivity index (χ4n) is 4.18. The molecule has 1 amide bonds. The predicted octanol–water partition coefficient (Wildman–Crippen LogP) is 5.40. The number of hydrogen-bond acceptors (Lipinski definition) is 9. The van der Waals surface area contributed by atoms with Crippen LogP contribution in [0.5, 0.6) is 11.5 Å². The van der Waals surface area contributed by atoms with Crippen LogP contribution in [0.15, 0.2) is 92.5 Å². The van der Waals surface area contributed by atoms with Gasteiger partial charge in [-0.15, -0.1) is 0 Å². The molecule has 1 N–H and O–H groups in total. The Morgan fingerprint density at radius 1 is 0.878 bits per heavy atom. The van der Waals surface area contributed by atoms with Crippen molar-refractivity contribution >= 4 is 28.7 Å². The Hall–Kier alpha value is -5.82. The van der Waals surface area contributed by atoms with Gasteiger partial charge in [-0.2, -0.15) is 5.26 Å². The zero-order chi connectivity index (χ0) is 28.9. The van der Waals surface area contributed by atoms with Crippen molar-refractivity contribution in [2.45, 2.75) is 0 Å². The number of benzene rings is 3. The number of methoxy groups -OCH3 is 2. The fraction of sp³-hybridized carbons (Fsp3) is 0.0968. The van der Waals surface area contributed by atoms with E-state index in [1.807, 2.05) is 0 Å². The molecule has 0 unspecified atom stereocenters. The number of nitriles is 1. The molecule has 0 saturated heterocycles. The Labute approximate surface area is 233 Å². The van der Waals surface area contributed by atoms with Crippen LogP contribution in [-0.2, 0) is 9.53 Å². The van der Waals surface area contributed by atoms with Gasteiger partial charge in [-0.3, -0.25) is 10.1 Å². The van der Waals surface area contributed by atoms with Gasteiger partial charge in [0.2, 0.25) is 5.88 Å². The summed E-state index contributed by atoms with van der Waals surface area (Å²) in [6, 6.07) is 24.1. The molecule has 0 saturated carbocycles. The molecule has 0 aliphatic rings. The summed E-state index contributed by atoms with van der Waals surface area (Å²) >= 11 is 0. The van der Waals surface area contributed by atoms with Crippen LogP contribution >= 0.6 is 0 Å². The third-order valence-corrected chi connectivity index (χ3v) is 6.20. The highest BCUT2D eigenvalue weighted by atomic mass is 16.5. The first-order valence-corrected chi connectivity index (χ1v) is 12.3. The number of carbonyl (C=O) groups is 2. The lowest BCUT2D eigenvalue weighted by atomic mass is 9.98. The van der Waals surface area contributed by atoms with Gasteiger partial charge in [-0.05, 0) is 54.1 Å². The predicted molar refractivity (Wildman–Crippen MR) is 149 cm³/mol.